The molecule has 3 rings (SSSR count). The fourth-order valence-electron chi connectivity index (χ4n) is 3.10. The lowest BCUT2D eigenvalue weighted by atomic mass is 10.0. The lowest BCUT2D eigenvalue weighted by Crippen LogP contribution is -2.34. The van der Waals surface area contributed by atoms with Gasteiger partial charge in [-0.1, -0.05) is 5.92 Å². The van der Waals surface area contributed by atoms with E-state index in [1.807, 2.05) is 0 Å². The van der Waals surface area contributed by atoms with Crippen molar-refractivity contribution in [1.82, 2.24) is 24.4 Å². The number of carbonyl (C=O) groups excluding carboxylic acids is 2. The summed E-state index contributed by atoms with van der Waals surface area (Å²) in [4.78, 5) is 35.2. The van der Waals surface area contributed by atoms with Crippen molar-refractivity contribution in [2.75, 3.05) is 25.9 Å². The van der Waals surface area contributed by atoms with Crippen molar-refractivity contribution in [2.45, 2.75) is 37.5 Å². The summed E-state index contributed by atoms with van der Waals surface area (Å²) in [7, 11) is 1.63. The van der Waals surface area contributed by atoms with Crippen LogP contribution >= 0.6 is 0 Å². The van der Waals surface area contributed by atoms with E-state index >= 15 is 0 Å². The van der Waals surface area contributed by atoms with E-state index in [9.17, 15) is 14.0 Å². The number of nitrogens with two attached hydrogens (primary N) is 1. The molecule has 2 aromatic rings. The molecule has 0 radical (unpaired) electrons. The fraction of sp³-hybridized carbons (Fsp3) is 0.500. The Kier molecular flexibility index (Phi) is 5.93. The smallest absolute Gasteiger partial charge is 0.312 e. The number of nitrogens with zero attached hydrogens (tertiary/aromatic N) is 5. The third-order valence-electron chi connectivity index (χ3n) is 4.69. The van der Waals surface area contributed by atoms with Gasteiger partial charge in [-0.25, -0.2) is 4.98 Å². The van der Waals surface area contributed by atoms with E-state index in [-0.39, 0.29) is 30.0 Å². The number of imidazole rings is 1. The van der Waals surface area contributed by atoms with Crippen molar-refractivity contribution in [1.29, 1.82) is 0 Å². The molecule has 11 heteroatoms. The summed E-state index contributed by atoms with van der Waals surface area (Å²) in [5.74, 6) is 2.06. The molecule has 2 unspecified atom stereocenters. The van der Waals surface area contributed by atoms with Crippen molar-refractivity contribution in [3.05, 3.63) is 12.4 Å². The average Bonchev–Trinajstić information content (AvgIpc) is 3.31. The van der Waals surface area contributed by atoms with Gasteiger partial charge in [0.1, 0.15) is 12.8 Å². The second-order valence-corrected chi connectivity index (χ2v) is 6.80. The van der Waals surface area contributed by atoms with Crippen LogP contribution in [0.1, 0.15) is 31.9 Å². The van der Waals surface area contributed by atoms with E-state index in [1.54, 1.807) is 7.05 Å². The molecule has 1 saturated heterocycles. The van der Waals surface area contributed by atoms with E-state index in [4.69, 9.17) is 21.6 Å². The van der Waals surface area contributed by atoms with Crippen LogP contribution in [0.5, 0.6) is 0 Å². The van der Waals surface area contributed by atoms with Gasteiger partial charge in [-0.15, -0.1) is 6.42 Å². The predicted molar refractivity (Wildman–Crippen MR) is 99.5 cm³/mol. The second-order valence-electron chi connectivity index (χ2n) is 6.80. The van der Waals surface area contributed by atoms with Gasteiger partial charge in [0.2, 0.25) is 6.41 Å². The highest BCUT2D eigenvalue weighted by Crippen LogP contribution is 2.38. The largest absolute Gasteiger partial charge is 0.462 e. The van der Waals surface area contributed by atoms with Crippen LogP contribution in [0.3, 0.4) is 0 Å². The molecule has 3 heterocycles. The SMILES string of the molecule is C#CC1(COC(=O)CCCN(C)C=O)CCC(n2cnc3c(N)nc(F)nc32)O1. The Balaban J connectivity index is 1.63. The zero-order valence-corrected chi connectivity index (χ0v) is 15.9. The maximum absolute atomic E-state index is 13.5. The van der Waals surface area contributed by atoms with Crippen molar-refractivity contribution in [3.8, 4) is 12.3 Å². The van der Waals surface area contributed by atoms with Gasteiger partial charge < -0.3 is 20.1 Å². The number of nitrogen functional groups attached to an aromatic ring is 1. The van der Waals surface area contributed by atoms with Gasteiger partial charge in [0.15, 0.2) is 22.6 Å². The number of hydrogen-bond acceptors (Lipinski definition) is 8. The molecule has 1 amide bonds. The number of hydrogen-bond donors (Lipinski definition) is 1. The number of amides is 1. The van der Waals surface area contributed by atoms with E-state index in [2.05, 4.69) is 20.9 Å². The zero-order valence-electron chi connectivity index (χ0n) is 15.9. The summed E-state index contributed by atoms with van der Waals surface area (Å²) in [5, 5.41) is 0. The van der Waals surface area contributed by atoms with E-state index in [1.165, 1.54) is 15.8 Å². The fourth-order valence-corrected chi connectivity index (χ4v) is 3.10. The normalized spacial score (nSPS) is 21.1. The van der Waals surface area contributed by atoms with Crippen LogP contribution in [0, 0.1) is 18.4 Å². The van der Waals surface area contributed by atoms with Crippen LogP contribution in [0.4, 0.5) is 10.2 Å². The van der Waals surface area contributed by atoms with Crippen molar-refractivity contribution in [2.24, 2.45) is 0 Å². The number of fused-ring (bicyclic) bond motifs is 1. The minimum atomic E-state index is -1.10. The first-order valence-corrected chi connectivity index (χ1v) is 9.00. The van der Waals surface area contributed by atoms with Crippen molar-refractivity contribution in [3.63, 3.8) is 0 Å². The quantitative estimate of drug-likeness (QED) is 0.294. The molecule has 2 atom stereocenters. The zero-order chi connectivity index (χ0) is 21.0. The summed E-state index contributed by atoms with van der Waals surface area (Å²) < 4.78 is 26.3. The van der Waals surface area contributed by atoms with Crippen LogP contribution in [-0.2, 0) is 19.1 Å². The Morgan fingerprint density at radius 2 is 2.41 bits per heavy atom. The molecule has 2 aromatic heterocycles. The van der Waals surface area contributed by atoms with Gasteiger partial charge in [-0.05, 0) is 19.3 Å². The first-order valence-electron chi connectivity index (χ1n) is 9.00. The molecule has 10 nitrogen and oxygen atoms in total. The molecule has 29 heavy (non-hydrogen) atoms. The van der Waals surface area contributed by atoms with Crippen LogP contribution < -0.4 is 5.73 Å². The lowest BCUT2D eigenvalue weighted by Gasteiger charge is -2.23. The van der Waals surface area contributed by atoms with Crippen molar-refractivity contribution >= 4 is 29.4 Å². The monoisotopic (exact) mass is 404 g/mol. The molecule has 0 saturated carbocycles. The number of ether oxygens (including phenoxy) is 2. The topological polar surface area (TPSA) is 125 Å². The number of carbonyl (C=O) groups is 2. The molecule has 0 aliphatic carbocycles. The maximum atomic E-state index is 13.5. The third kappa shape index (κ3) is 4.43. The summed E-state index contributed by atoms with van der Waals surface area (Å²) in [5.41, 5.74) is 5.04. The minimum absolute atomic E-state index is 0.0679. The highest BCUT2D eigenvalue weighted by atomic mass is 19.1. The standard InChI is InChI=1S/C18H21FN6O4/c1-3-18(9-28-13(27)5-4-8-24(2)11-26)7-6-12(29-18)25-10-21-14-15(20)22-17(19)23-16(14)25/h1,10-12H,4-9H2,2H3,(H2,20,22,23). The minimum Gasteiger partial charge on any atom is -0.462 e. The van der Waals surface area contributed by atoms with Crippen LogP contribution in [0.25, 0.3) is 11.2 Å². The summed E-state index contributed by atoms with van der Waals surface area (Å²) >= 11 is 0. The highest BCUT2D eigenvalue weighted by molar-refractivity contribution is 5.81. The van der Waals surface area contributed by atoms with E-state index in [0.29, 0.717) is 32.2 Å². The average molecular weight is 404 g/mol. The number of esters is 1. The summed E-state index contributed by atoms with van der Waals surface area (Å²) in [6, 6.07) is 0. The van der Waals surface area contributed by atoms with Gasteiger partial charge in [0, 0.05) is 20.0 Å². The Morgan fingerprint density at radius 3 is 3.14 bits per heavy atom. The van der Waals surface area contributed by atoms with Gasteiger partial charge in [-0.3, -0.25) is 14.2 Å². The molecule has 0 bridgehead atoms. The Bertz CT molecular complexity index is 958. The number of rotatable bonds is 8. The number of anilines is 1. The molecular formula is C18H21FN6O4. The highest BCUT2D eigenvalue weighted by Gasteiger charge is 2.41. The first-order chi connectivity index (χ1) is 13.9. The Morgan fingerprint density at radius 1 is 1.62 bits per heavy atom. The van der Waals surface area contributed by atoms with Crippen LogP contribution in [0.2, 0.25) is 0 Å². The summed E-state index contributed by atoms with van der Waals surface area (Å²) in [6.07, 6.45) is 7.79. The molecule has 1 aliphatic rings. The van der Waals surface area contributed by atoms with Crippen molar-refractivity contribution < 1.29 is 23.5 Å². The molecule has 0 spiro atoms. The predicted octanol–water partition coefficient (Wildman–Crippen LogP) is 0.640. The number of terminal acetylenes is 1. The van der Waals surface area contributed by atoms with Gasteiger partial charge in [0.05, 0.1) is 6.33 Å². The first kappa shape index (κ1) is 20.5. The Hall–Kier alpha value is -3.26. The van der Waals surface area contributed by atoms with E-state index < -0.39 is 23.9 Å². The molecule has 2 N–H and O–H groups in total. The number of halogens is 1. The lowest BCUT2D eigenvalue weighted by molar-refractivity contribution is -0.152. The van der Waals surface area contributed by atoms with Crippen LogP contribution in [-0.4, -0.2) is 62.6 Å². The second kappa shape index (κ2) is 8.40. The molecular weight excluding hydrogens is 383 g/mol. The van der Waals surface area contributed by atoms with Gasteiger partial charge in [0.25, 0.3) is 0 Å². The van der Waals surface area contributed by atoms with E-state index in [0.717, 1.165) is 0 Å². The summed E-state index contributed by atoms with van der Waals surface area (Å²) in [6.45, 7) is 0.340. The molecule has 154 valence electrons. The van der Waals surface area contributed by atoms with Gasteiger partial charge in [-0.2, -0.15) is 14.4 Å². The molecule has 0 aromatic carbocycles. The van der Waals surface area contributed by atoms with Gasteiger partial charge >= 0.3 is 12.0 Å². The number of aromatic nitrogens is 4. The molecule has 1 fully saturated rings. The maximum Gasteiger partial charge on any atom is 0.312 e. The van der Waals surface area contributed by atoms with Crippen LogP contribution in [0.15, 0.2) is 6.33 Å². The Labute approximate surface area is 166 Å². The third-order valence-corrected chi connectivity index (χ3v) is 4.69. The molecule has 1 aliphatic heterocycles.